The molecular formula is C14H24N4O. The highest BCUT2D eigenvalue weighted by Crippen LogP contribution is 2.25. The highest BCUT2D eigenvalue weighted by atomic mass is 16.5. The predicted octanol–water partition coefficient (Wildman–Crippen LogP) is 1.93. The van der Waals surface area contributed by atoms with Crippen LogP contribution in [-0.4, -0.2) is 36.3 Å². The number of hydrogen-bond acceptors (Lipinski definition) is 5. The minimum Gasteiger partial charge on any atom is -0.383 e. The van der Waals surface area contributed by atoms with Gasteiger partial charge in [0.15, 0.2) is 0 Å². The van der Waals surface area contributed by atoms with Crippen molar-refractivity contribution in [3.8, 4) is 0 Å². The van der Waals surface area contributed by atoms with E-state index in [9.17, 15) is 0 Å². The third-order valence-corrected chi connectivity index (χ3v) is 3.69. The largest absolute Gasteiger partial charge is 0.383 e. The minimum atomic E-state index is 0.291. The molecule has 1 aliphatic rings. The average molecular weight is 264 g/mol. The van der Waals surface area contributed by atoms with Gasteiger partial charge in [0.25, 0.3) is 0 Å². The second-order valence-corrected chi connectivity index (χ2v) is 5.17. The van der Waals surface area contributed by atoms with Gasteiger partial charge in [-0.25, -0.2) is 9.97 Å². The number of rotatable bonds is 4. The Morgan fingerprint density at radius 2 is 2.21 bits per heavy atom. The second-order valence-electron chi connectivity index (χ2n) is 5.17. The zero-order valence-electron chi connectivity index (χ0n) is 12.1. The highest BCUT2D eigenvalue weighted by molar-refractivity contribution is 5.56. The summed E-state index contributed by atoms with van der Waals surface area (Å²) in [6.07, 6.45) is 4.44. The molecule has 5 heteroatoms. The minimum absolute atomic E-state index is 0.291. The maximum Gasteiger partial charge on any atom is 0.137 e. The van der Waals surface area contributed by atoms with Crippen LogP contribution in [-0.2, 0) is 11.2 Å². The molecule has 0 radical (unpaired) electrons. The molecule has 0 saturated carbocycles. The fourth-order valence-corrected chi connectivity index (χ4v) is 2.53. The van der Waals surface area contributed by atoms with Gasteiger partial charge in [-0.2, -0.15) is 0 Å². The molecule has 1 aromatic heterocycles. The van der Waals surface area contributed by atoms with Gasteiger partial charge in [0.1, 0.15) is 17.5 Å². The van der Waals surface area contributed by atoms with Gasteiger partial charge in [0.2, 0.25) is 0 Å². The average Bonchev–Trinajstić information content (AvgIpc) is 2.43. The molecule has 1 aliphatic heterocycles. The fraction of sp³-hybridized carbons (Fsp3) is 0.714. The monoisotopic (exact) mass is 264 g/mol. The van der Waals surface area contributed by atoms with E-state index in [4.69, 9.17) is 15.5 Å². The Morgan fingerprint density at radius 3 is 2.89 bits per heavy atom. The number of ether oxygens (including phenoxy) is 1. The van der Waals surface area contributed by atoms with E-state index in [2.05, 4.69) is 16.8 Å². The summed E-state index contributed by atoms with van der Waals surface area (Å²) in [5.41, 5.74) is 7.00. The van der Waals surface area contributed by atoms with Crippen LogP contribution in [0.5, 0.6) is 0 Å². The molecule has 2 rings (SSSR count). The summed E-state index contributed by atoms with van der Waals surface area (Å²) >= 11 is 0. The van der Waals surface area contributed by atoms with Gasteiger partial charge in [-0.1, -0.05) is 6.92 Å². The molecule has 1 unspecified atom stereocenters. The van der Waals surface area contributed by atoms with E-state index in [1.54, 1.807) is 7.11 Å². The molecule has 0 bridgehead atoms. The molecule has 19 heavy (non-hydrogen) atoms. The van der Waals surface area contributed by atoms with Crippen molar-refractivity contribution in [2.45, 2.75) is 45.6 Å². The SMILES string of the molecule is CCCc1nc(N)c(C)c(N2CCCC(OC)C2)n1. The van der Waals surface area contributed by atoms with Crippen LogP contribution in [0, 0.1) is 6.92 Å². The molecule has 0 spiro atoms. The Morgan fingerprint density at radius 1 is 1.42 bits per heavy atom. The number of nitrogens with two attached hydrogens (primary N) is 1. The number of anilines is 2. The standard InChI is InChI=1S/C14H24N4O/c1-4-6-12-16-13(15)10(2)14(17-12)18-8-5-7-11(9-18)19-3/h11H,4-9H2,1-3H3,(H2,15,16,17). The van der Waals surface area contributed by atoms with Gasteiger partial charge in [0, 0.05) is 32.2 Å². The highest BCUT2D eigenvalue weighted by Gasteiger charge is 2.23. The van der Waals surface area contributed by atoms with Gasteiger partial charge in [-0.3, -0.25) is 0 Å². The molecule has 0 amide bonds. The van der Waals surface area contributed by atoms with Crippen molar-refractivity contribution in [3.05, 3.63) is 11.4 Å². The molecule has 1 atom stereocenters. The van der Waals surface area contributed by atoms with Crippen molar-refractivity contribution in [2.24, 2.45) is 0 Å². The second kappa shape index (κ2) is 6.19. The molecule has 5 nitrogen and oxygen atoms in total. The molecule has 2 N–H and O–H groups in total. The fourth-order valence-electron chi connectivity index (χ4n) is 2.53. The Bertz CT molecular complexity index is 436. The molecular weight excluding hydrogens is 240 g/mol. The number of aromatic nitrogens is 2. The van der Waals surface area contributed by atoms with Crippen LogP contribution in [0.15, 0.2) is 0 Å². The molecule has 2 heterocycles. The van der Waals surface area contributed by atoms with E-state index in [1.165, 1.54) is 0 Å². The van der Waals surface area contributed by atoms with E-state index >= 15 is 0 Å². The van der Waals surface area contributed by atoms with Gasteiger partial charge >= 0.3 is 0 Å². The molecule has 1 saturated heterocycles. The van der Waals surface area contributed by atoms with Crippen LogP contribution in [0.3, 0.4) is 0 Å². The molecule has 1 fully saturated rings. The lowest BCUT2D eigenvalue weighted by Gasteiger charge is -2.33. The number of piperidine rings is 1. The number of hydrogen-bond donors (Lipinski definition) is 1. The summed E-state index contributed by atoms with van der Waals surface area (Å²) in [5.74, 6) is 2.44. The third kappa shape index (κ3) is 3.15. The summed E-state index contributed by atoms with van der Waals surface area (Å²) in [4.78, 5) is 11.3. The van der Waals surface area contributed by atoms with Gasteiger partial charge < -0.3 is 15.4 Å². The number of methoxy groups -OCH3 is 1. The first kappa shape index (κ1) is 14.1. The molecule has 1 aromatic rings. The summed E-state index contributed by atoms with van der Waals surface area (Å²) < 4.78 is 5.47. The van der Waals surface area contributed by atoms with Gasteiger partial charge in [0.05, 0.1) is 6.10 Å². The van der Waals surface area contributed by atoms with E-state index in [0.29, 0.717) is 11.9 Å². The Hall–Kier alpha value is -1.36. The van der Waals surface area contributed by atoms with E-state index < -0.39 is 0 Å². The third-order valence-electron chi connectivity index (χ3n) is 3.69. The lowest BCUT2D eigenvalue weighted by atomic mass is 10.1. The van der Waals surface area contributed by atoms with E-state index in [1.807, 2.05) is 6.92 Å². The Kier molecular flexibility index (Phi) is 4.58. The lowest BCUT2D eigenvalue weighted by molar-refractivity contribution is 0.0891. The topological polar surface area (TPSA) is 64.3 Å². The van der Waals surface area contributed by atoms with Crippen LogP contribution in [0.1, 0.15) is 37.6 Å². The van der Waals surface area contributed by atoms with E-state index in [0.717, 1.165) is 56.0 Å². The predicted molar refractivity (Wildman–Crippen MR) is 77.4 cm³/mol. The summed E-state index contributed by atoms with van der Waals surface area (Å²) in [5, 5.41) is 0. The van der Waals surface area contributed by atoms with Gasteiger partial charge in [-0.15, -0.1) is 0 Å². The van der Waals surface area contributed by atoms with Crippen molar-refractivity contribution in [2.75, 3.05) is 30.8 Å². The van der Waals surface area contributed by atoms with Crippen LogP contribution in [0.4, 0.5) is 11.6 Å². The smallest absolute Gasteiger partial charge is 0.137 e. The first-order valence-electron chi connectivity index (χ1n) is 7.06. The molecule has 106 valence electrons. The van der Waals surface area contributed by atoms with Gasteiger partial charge in [-0.05, 0) is 26.2 Å². The van der Waals surface area contributed by atoms with Crippen molar-refractivity contribution < 1.29 is 4.74 Å². The normalized spacial score (nSPS) is 19.7. The number of nitrogens with zero attached hydrogens (tertiary/aromatic N) is 3. The maximum absolute atomic E-state index is 6.02. The summed E-state index contributed by atoms with van der Waals surface area (Å²) in [6, 6.07) is 0. The van der Waals surface area contributed by atoms with E-state index in [-0.39, 0.29) is 0 Å². The zero-order chi connectivity index (χ0) is 13.8. The summed E-state index contributed by atoms with van der Waals surface area (Å²) in [7, 11) is 1.78. The quantitative estimate of drug-likeness (QED) is 0.900. The molecule has 0 aliphatic carbocycles. The van der Waals surface area contributed by atoms with Crippen molar-refractivity contribution in [3.63, 3.8) is 0 Å². The summed E-state index contributed by atoms with van der Waals surface area (Å²) in [6.45, 7) is 6.03. The Labute approximate surface area is 115 Å². The van der Waals surface area contributed by atoms with Crippen molar-refractivity contribution >= 4 is 11.6 Å². The van der Waals surface area contributed by atoms with Crippen molar-refractivity contribution in [1.29, 1.82) is 0 Å². The number of aryl methyl sites for hydroxylation is 1. The van der Waals surface area contributed by atoms with Crippen LogP contribution in [0.2, 0.25) is 0 Å². The zero-order valence-corrected chi connectivity index (χ0v) is 12.1. The van der Waals surface area contributed by atoms with Crippen LogP contribution in [0.25, 0.3) is 0 Å². The first-order chi connectivity index (χ1) is 9.15. The molecule has 0 aromatic carbocycles. The van der Waals surface area contributed by atoms with Crippen LogP contribution >= 0.6 is 0 Å². The maximum atomic E-state index is 6.02. The van der Waals surface area contributed by atoms with Crippen LogP contribution < -0.4 is 10.6 Å². The Balaban J connectivity index is 2.26. The number of nitrogen functional groups attached to an aromatic ring is 1. The lowest BCUT2D eigenvalue weighted by Crippen LogP contribution is -2.40. The van der Waals surface area contributed by atoms with Crippen molar-refractivity contribution in [1.82, 2.24) is 9.97 Å². The first-order valence-corrected chi connectivity index (χ1v) is 7.06.